The van der Waals surface area contributed by atoms with Crippen LogP contribution < -0.4 is 0 Å². The van der Waals surface area contributed by atoms with Gasteiger partial charge in [0.05, 0.1) is 6.61 Å². The predicted octanol–water partition coefficient (Wildman–Crippen LogP) is 3.55. The number of carbonyl (C=O) groups is 1. The molecule has 2 aromatic rings. The van der Waals surface area contributed by atoms with Crippen molar-refractivity contribution < 1.29 is 9.53 Å². The number of ether oxygens (including phenoxy) is 1. The van der Waals surface area contributed by atoms with Crippen LogP contribution >= 0.6 is 0 Å². The lowest BCUT2D eigenvalue weighted by molar-refractivity contribution is 0.0462. The Bertz CT molecular complexity index is 671. The number of Topliss-reactive ketones (excluding diaryl/α,β-unsaturated/α-hetero) is 1. The number of carbonyl (C=O) groups excluding carboxylic acids is 1. The molecule has 0 N–H and O–H groups in total. The Balaban J connectivity index is 1.82. The Morgan fingerprint density at radius 2 is 1.95 bits per heavy atom. The van der Waals surface area contributed by atoms with Crippen molar-refractivity contribution >= 4 is 16.6 Å². The van der Waals surface area contributed by atoms with Crippen molar-refractivity contribution in [2.24, 2.45) is 5.92 Å². The number of aryl methyl sites for hydroxylation is 2. The highest BCUT2D eigenvalue weighted by Crippen LogP contribution is 2.34. The Labute approximate surface area is 118 Å². The molecule has 2 nitrogen and oxygen atoms in total. The van der Waals surface area contributed by atoms with Crippen LogP contribution in [0.15, 0.2) is 30.3 Å². The maximum Gasteiger partial charge on any atom is 0.168 e. The first-order chi connectivity index (χ1) is 9.84. The van der Waals surface area contributed by atoms with E-state index in [0.29, 0.717) is 6.61 Å². The molecule has 1 heterocycles. The zero-order chi connectivity index (χ0) is 13.5. The van der Waals surface area contributed by atoms with Crippen LogP contribution in [0.5, 0.6) is 0 Å². The zero-order valence-electron chi connectivity index (χ0n) is 11.5. The Morgan fingerprint density at radius 3 is 2.75 bits per heavy atom. The maximum absolute atomic E-state index is 12.8. The molecule has 0 radical (unpaired) electrons. The molecule has 1 unspecified atom stereocenters. The van der Waals surface area contributed by atoms with Crippen molar-refractivity contribution in [2.45, 2.75) is 25.7 Å². The summed E-state index contributed by atoms with van der Waals surface area (Å²) in [7, 11) is 0. The average molecular weight is 266 g/mol. The fourth-order valence-corrected chi connectivity index (χ4v) is 3.63. The molecule has 1 saturated heterocycles. The van der Waals surface area contributed by atoms with Gasteiger partial charge in [-0.2, -0.15) is 0 Å². The molecule has 1 atom stereocenters. The molecule has 0 amide bonds. The van der Waals surface area contributed by atoms with Crippen molar-refractivity contribution in [3.63, 3.8) is 0 Å². The van der Waals surface area contributed by atoms with Crippen LogP contribution in [-0.2, 0) is 17.6 Å². The van der Waals surface area contributed by atoms with Crippen LogP contribution in [0.3, 0.4) is 0 Å². The smallest absolute Gasteiger partial charge is 0.168 e. The first kappa shape index (κ1) is 12.1. The summed E-state index contributed by atoms with van der Waals surface area (Å²) in [4.78, 5) is 12.8. The van der Waals surface area contributed by atoms with Crippen LogP contribution in [-0.4, -0.2) is 19.0 Å². The lowest BCUT2D eigenvalue weighted by Gasteiger charge is -2.21. The molecule has 0 aromatic heterocycles. The molecular weight excluding hydrogens is 248 g/mol. The van der Waals surface area contributed by atoms with E-state index in [1.807, 2.05) is 6.07 Å². The van der Waals surface area contributed by atoms with Crippen molar-refractivity contribution in [3.8, 4) is 0 Å². The van der Waals surface area contributed by atoms with Gasteiger partial charge < -0.3 is 4.74 Å². The Hall–Kier alpha value is -1.67. The van der Waals surface area contributed by atoms with Gasteiger partial charge in [0.15, 0.2) is 5.78 Å². The molecule has 1 fully saturated rings. The predicted molar refractivity (Wildman–Crippen MR) is 79.2 cm³/mol. The number of hydrogen-bond acceptors (Lipinski definition) is 2. The van der Waals surface area contributed by atoms with E-state index in [1.54, 1.807) is 0 Å². The lowest BCUT2D eigenvalue weighted by Crippen LogP contribution is -2.25. The van der Waals surface area contributed by atoms with Gasteiger partial charge in [0.1, 0.15) is 0 Å². The standard InChI is InChI=1S/C18H18O2/c19-18(14-4-2-10-20-11-14)16-9-8-13-7-6-12-3-1-5-15(16)17(12)13/h1,3,5,8-9,14H,2,4,6-7,10-11H2. The van der Waals surface area contributed by atoms with Gasteiger partial charge in [-0.3, -0.25) is 4.79 Å². The van der Waals surface area contributed by atoms with E-state index >= 15 is 0 Å². The molecule has 0 saturated carbocycles. The lowest BCUT2D eigenvalue weighted by atomic mass is 9.89. The summed E-state index contributed by atoms with van der Waals surface area (Å²) < 4.78 is 5.48. The summed E-state index contributed by atoms with van der Waals surface area (Å²) in [6.45, 7) is 1.38. The zero-order valence-corrected chi connectivity index (χ0v) is 11.5. The van der Waals surface area contributed by atoms with Crippen molar-refractivity contribution in [2.75, 3.05) is 13.2 Å². The molecule has 4 rings (SSSR count). The Morgan fingerprint density at radius 1 is 1.10 bits per heavy atom. The van der Waals surface area contributed by atoms with Gasteiger partial charge in [-0.25, -0.2) is 0 Å². The topological polar surface area (TPSA) is 26.3 Å². The van der Waals surface area contributed by atoms with Crippen LogP contribution in [0, 0.1) is 5.92 Å². The van der Waals surface area contributed by atoms with Crippen molar-refractivity contribution in [1.29, 1.82) is 0 Å². The minimum atomic E-state index is 0.0437. The van der Waals surface area contributed by atoms with E-state index in [2.05, 4.69) is 24.3 Å². The molecule has 102 valence electrons. The van der Waals surface area contributed by atoms with Gasteiger partial charge in [0.2, 0.25) is 0 Å². The molecule has 2 aromatic carbocycles. The molecule has 2 aliphatic rings. The largest absolute Gasteiger partial charge is 0.381 e. The third-order valence-electron chi connectivity index (χ3n) is 4.67. The molecule has 0 spiro atoms. The summed E-state index contributed by atoms with van der Waals surface area (Å²) >= 11 is 0. The number of benzene rings is 2. The summed E-state index contributed by atoms with van der Waals surface area (Å²) in [5, 5.41) is 2.48. The van der Waals surface area contributed by atoms with Gasteiger partial charge in [-0.15, -0.1) is 0 Å². The van der Waals surface area contributed by atoms with Gasteiger partial charge in [-0.1, -0.05) is 30.3 Å². The van der Waals surface area contributed by atoms with E-state index < -0.39 is 0 Å². The normalized spacial score (nSPS) is 21.3. The Kier molecular flexibility index (Phi) is 2.85. The molecule has 20 heavy (non-hydrogen) atoms. The van der Waals surface area contributed by atoms with Crippen LogP contribution in [0.25, 0.3) is 10.8 Å². The maximum atomic E-state index is 12.8. The van der Waals surface area contributed by atoms with Crippen molar-refractivity contribution in [1.82, 2.24) is 0 Å². The second kappa shape index (κ2) is 4.71. The molecule has 1 aliphatic carbocycles. The quantitative estimate of drug-likeness (QED) is 0.777. The van der Waals surface area contributed by atoms with E-state index in [9.17, 15) is 4.79 Å². The first-order valence-corrected chi connectivity index (χ1v) is 7.50. The minimum absolute atomic E-state index is 0.0437. The van der Waals surface area contributed by atoms with Crippen LogP contribution in [0.2, 0.25) is 0 Å². The number of rotatable bonds is 2. The first-order valence-electron chi connectivity index (χ1n) is 7.50. The molecular formula is C18H18O2. The van der Waals surface area contributed by atoms with E-state index in [4.69, 9.17) is 4.74 Å². The second-order valence-corrected chi connectivity index (χ2v) is 5.89. The minimum Gasteiger partial charge on any atom is -0.381 e. The summed E-state index contributed by atoms with van der Waals surface area (Å²) in [5.74, 6) is 0.308. The summed E-state index contributed by atoms with van der Waals surface area (Å²) in [6, 6.07) is 10.6. The van der Waals surface area contributed by atoms with Crippen molar-refractivity contribution in [3.05, 3.63) is 47.0 Å². The highest BCUT2D eigenvalue weighted by Gasteiger charge is 2.26. The SMILES string of the molecule is O=C(c1ccc2c3c(cccc13)CC2)C1CCCOC1. The monoisotopic (exact) mass is 266 g/mol. The fraction of sp³-hybridized carbons (Fsp3) is 0.389. The van der Waals surface area contributed by atoms with Gasteiger partial charge >= 0.3 is 0 Å². The van der Waals surface area contributed by atoms with Crippen LogP contribution in [0.1, 0.15) is 34.3 Å². The van der Waals surface area contributed by atoms with Gasteiger partial charge in [0, 0.05) is 18.1 Å². The highest BCUT2D eigenvalue weighted by molar-refractivity contribution is 6.11. The summed E-state index contributed by atoms with van der Waals surface area (Å²) in [5.41, 5.74) is 3.68. The summed E-state index contributed by atoms with van der Waals surface area (Å²) in [6.07, 6.45) is 4.17. The fourth-order valence-electron chi connectivity index (χ4n) is 3.63. The highest BCUT2D eigenvalue weighted by atomic mass is 16.5. The average Bonchev–Trinajstić information content (AvgIpc) is 2.93. The second-order valence-electron chi connectivity index (χ2n) is 5.89. The molecule has 2 heteroatoms. The molecule has 0 bridgehead atoms. The van der Waals surface area contributed by atoms with E-state index in [0.717, 1.165) is 43.2 Å². The van der Waals surface area contributed by atoms with Crippen LogP contribution in [0.4, 0.5) is 0 Å². The third kappa shape index (κ3) is 1.79. The number of hydrogen-bond donors (Lipinski definition) is 0. The van der Waals surface area contributed by atoms with Gasteiger partial charge in [-0.05, 0) is 47.6 Å². The third-order valence-corrected chi connectivity index (χ3v) is 4.67. The van der Waals surface area contributed by atoms with E-state index in [-0.39, 0.29) is 11.7 Å². The molecule has 1 aliphatic heterocycles. The number of ketones is 1. The van der Waals surface area contributed by atoms with Gasteiger partial charge in [0.25, 0.3) is 0 Å². The van der Waals surface area contributed by atoms with E-state index in [1.165, 1.54) is 16.5 Å².